The third-order valence-electron chi connectivity index (χ3n) is 6.39. The van der Waals surface area contributed by atoms with Gasteiger partial charge in [-0.05, 0) is 50.4 Å². The van der Waals surface area contributed by atoms with Crippen molar-refractivity contribution in [1.29, 1.82) is 0 Å². The van der Waals surface area contributed by atoms with Gasteiger partial charge in [0, 0.05) is 19.6 Å². The van der Waals surface area contributed by atoms with Crippen LogP contribution in [0.3, 0.4) is 0 Å². The van der Waals surface area contributed by atoms with Gasteiger partial charge in [0.15, 0.2) is 11.8 Å². The molecule has 0 saturated heterocycles. The summed E-state index contributed by atoms with van der Waals surface area (Å²) in [5.74, 6) is 3.55. The number of hydrogen-bond donors (Lipinski definition) is 2. The van der Waals surface area contributed by atoms with Crippen LogP contribution < -0.4 is 10.6 Å². The van der Waals surface area contributed by atoms with E-state index in [1.807, 2.05) is 18.5 Å². The van der Waals surface area contributed by atoms with Crippen molar-refractivity contribution in [1.82, 2.24) is 25.4 Å². The summed E-state index contributed by atoms with van der Waals surface area (Å²) < 4.78 is 2.02. The van der Waals surface area contributed by atoms with Crippen LogP contribution in [0.4, 0.5) is 0 Å². The summed E-state index contributed by atoms with van der Waals surface area (Å²) in [5, 5.41) is 15.8. The first-order valence-corrected chi connectivity index (χ1v) is 10.9. The number of guanidine groups is 1. The van der Waals surface area contributed by atoms with Crippen molar-refractivity contribution in [3.63, 3.8) is 0 Å². The Balaban J connectivity index is 1.64. The van der Waals surface area contributed by atoms with Crippen molar-refractivity contribution in [2.45, 2.75) is 91.1 Å². The fourth-order valence-electron chi connectivity index (χ4n) is 4.60. The summed E-state index contributed by atoms with van der Waals surface area (Å²) in [6.07, 6.45) is 11.9. The first kappa shape index (κ1) is 20.2. The molecule has 2 N–H and O–H groups in total. The van der Waals surface area contributed by atoms with E-state index < -0.39 is 0 Å². The summed E-state index contributed by atoms with van der Waals surface area (Å²) in [4.78, 5) is 4.87. The highest BCUT2D eigenvalue weighted by atomic mass is 15.3. The minimum absolute atomic E-state index is 0.463. The van der Waals surface area contributed by atoms with Gasteiger partial charge in [0.05, 0.1) is 0 Å². The molecule has 0 amide bonds. The molecule has 1 aromatic rings. The van der Waals surface area contributed by atoms with Crippen molar-refractivity contribution < 1.29 is 0 Å². The van der Waals surface area contributed by atoms with Crippen LogP contribution in [0.2, 0.25) is 0 Å². The van der Waals surface area contributed by atoms with E-state index in [0.717, 1.165) is 30.1 Å². The predicted octanol–water partition coefficient (Wildman–Crippen LogP) is 3.71. The van der Waals surface area contributed by atoms with Gasteiger partial charge in [-0.25, -0.2) is 4.99 Å². The molecule has 0 aliphatic heterocycles. The van der Waals surface area contributed by atoms with E-state index in [4.69, 9.17) is 4.99 Å². The van der Waals surface area contributed by atoms with Crippen molar-refractivity contribution in [3.05, 3.63) is 11.6 Å². The summed E-state index contributed by atoms with van der Waals surface area (Å²) in [7, 11) is 2.01. The number of aliphatic imine (C=N–C) groups is 1. The summed E-state index contributed by atoms with van der Waals surface area (Å²) in [5.41, 5.74) is 0.463. The molecule has 3 rings (SSSR count). The Bertz CT molecular complexity index is 623. The minimum atomic E-state index is 0.463. The molecule has 0 radical (unpaired) electrons. The first-order chi connectivity index (χ1) is 13.0. The van der Waals surface area contributed by atoms with Crippen LogP contribution in [0, 0.1) is 18.3 Å². The third kappa shape index (κ3) is 5.45. The lowest BCUT2D eigenvalue weighted by Gasteiger charge is -2.44. The van der Waals surface area contributed by atoms with E-state index in [1.54, 1.807) is 0 Å². The Morgan fingerprint density at radius 1 is 1.19 bits per heavy atom. The van der Waals surface area contributed by atoms with Crippen LogP contribution in [0.5, 0.6) is 0 Å². The standard InChI is InChI=1S/C21H38N6/c1-16(2)13-21(11-8-12-21)15-23-20(24-18-9-6-5-7-10-18)22-14-19-26-25-17(3)27(19)4/h16,18H,5-15H2,1-4H3,(H2,22,23,24). The largest absolute Gasteiger partial charge is 0.356 e. The average Bonchev–Trinajstić information content (AvgIpc) is 2.94. The monoisotopic (exact) mass is 374 g/mol. The molecule has 2 aliphatic carbocycles. The second-order valence-corrected chi connectivity index (χ2v) is 9.17. The normalized spacial score (nSPS) is 20.6. The molecule has 0 aromatic carbocycles. The molecule has 2 saturated carbocycles. The van der Waals surface area contributed by atoms with Crippen molar-refractivity contribution >= 4 is 5.96 Å². The molecule has 0 unspecified atom stereocenters. The summed E-state index contributed by atoms with van der Waals surface area (Å²) >= 11 is 0. The molecule has 1 heterocycles. The van der Waals surface area contributed by atoms with E-state index in [2.05, 4.69) is 34.7 Å². The van der Waals surface area contributed by atoms with E-state index in [9.17, 15) is 0 Å². The lowest BCUT2D eigenvalue weighted by molar-refractivity contribution is 0.104. The van der Waals surface area contributed by atoms with Gasteiger partial charge in [0.25, 0.3) is 0 Å². The molecular weight excluding hydrogens is 336 g/mol. The molecule has 6 heteroatoms. The topological polar surface area (TPSA) is 67.1 Å². The highest BCUT2D eigenvalue weighted by Gasteiger charge is 2.37. The zero-order valence-electron chi connectivity index (χ0n) is 17.7. The van der Waals surface area contributed by atoms with E-state index >= 15 is 0 Å². The van der Waals surface area contributed by atoms with Crippen molar-refractivity contribution in [2.24, 2.45) is 23.4 Å². The number of nitrogens with one attached hydrogen (secondary N) is 2. The summed E-state index contributed by atoms with van der Waals surface area (Å²) in [6.45, 7) is 8.25. The van der Waals surface area contributed by atoms with E-state index in [0.29, 0.717) is 18.0 Å². The molecule has 2 fully saturated rings. The molecule has 2 aliphatic rings. The Kier molecular flexibility index (Phi) is 6.77. The van der Waals surface area contributed by atoms with Gasteiger partial charge in [0.2, 0.25) is 0 Å². The summed E-state index contributed by atoms with van der Waals surface area (Å²) in [6, 6.07) is 0.550. The van der Waals surface area contributed by atoms with Gasteiger partial charge in [-0.3, -0.25) is 0 Å². The van der Waals surface area contributed by atoms with Crippen LogP contribution in [0.25, 0.3) is 0 Å². The predicted molar refractivity (Wildman–Crippen MR) is 111 cm³/mol. The van der Waals surface area contributed by atoms with Gasteiger partial charge in [-0.2, -0.15) is 0 Å². The third-order valence-corrected chi connectivity index (χ3v) is 6.39. The van der Waals surface area contributed by atoms with Crippen LogP contribution in [-0.4, -0.2) is 33.3 Å². The molecule has 1 aromatic heterocycles. The van der Waals surface area contributed by atoms with E-state index in [1.165, 1.54) is 57.8 Å². The first-order valence-electron chi connectivity index (χ1n) is 10.9. The maximum absolute atomic E-state index is 4.87. The molecule has 152 valence electrons. The van der Waals surface area contributed by atoms with E-state index in [-0.39, 0.29) is 0 Å². The Labute approximate surface area is 164 Å². The lowest BCUT2D eigenvalue weighted by Crippen LogP contribution is -2.49. The minimum Gasteiger partial charge on any atom is -0.356 e. The zero-order chi connectivity index (χ0) is 19.3. The van der Waals surface area contributed by atoms with Gasteiger partial charge >= 0.3 is 0 Å². The quantitative estimate of drug-likeness (QED) is 0.564. The van der Waals surface area contributed by atoms with Crippen LogP contribution >= 0.6 is 0 Å². The highest BCUT2D eigenvalue weighted by molar-refractivity contribution is 5.80. The van der Waals surface area contributed by atoms with Crippen molar-refractivity contribution in [3.8, 4) is 0 Å². The SMILES string of the molecule is Cc1nnc(CN=C(NCC2(CC(C)C)CCC2)NC2CCCCC2)n1C. The number of rotatable bonds is 7. The molecule has 0 bridgehead atoms. The van der Waals surface area contributed by atoms with Crippen molar-refractivity contribution in [2.75, 3.05) is 6.54 Å². The molecule has 0 atom stereocenters. The number of hydrogen-bond acceptors (Lipinski definition) is 3. The zero-order valence-corrected chi connectivity index (χ0v) is 17.7. The smallest absolute Gasteiger partial charge is 0.191 e. The second kappa shape index (κ2) is 9.07. The van der Waals surface area contributed by atoms with Gasteiger partial charge in [-0.1, -0.05) is 39.5 Å². The Morgan fingerprint density at radius 3 is 2.48 bits per heavy atom. The lowest BCUT2D eigenvalue weighted by atomic mass is 9.64. The molecule has 6 nitrogen and oxygen atoms in total. The maximum atomic E-state index is 4.87. The molecule has 0 spiro atoms. The van der Waals surface area contributed by atoms with Gasteiger partial charge in [0.1, 0.15) is 12.4 Å². The fraction of sp³-hybridized carbons (Fsp3) is 0.857. The fourth-order valence-corrected chi connectivity index (χ4v) is 4.60. The maximum Gasteiger partial charge on any atom is 0.191 e. The van der Waals surface area contributed by atoms with Crippen LogP contribution in [-0.2, 0) is 13.6 Å². The number of nitrogens with zero attached hydrogens (tertiary/aromatic N) is 4. The van der Waals surface area contributed by atoms with Crippen LogP contribution in [0.15, 0.2) is 4.99 Å². The Morgan fingerprint density at radius 2 is 1.93 bits per heavy atom. The Hall–Kier alpha value is -1.59. The van der Waals surface area contributed by atoms with Gasteiger partial charge < -0.3 is 15.2 Å². The molecular formula is C21H38N6. The average molecular weight is 375 g/mol. The number of aryl methyl sites for hydroxylation is 1. The van der Waals surface area contributed by atoms with Gasteiger partial charge in [-0.15, -0.1) is 10.2 Å². The molecule has 27 heavy (non-hydrogen) atoms. The number of aromatic nitrogens is 3. The van der Waals surface area contributed by atoms with Crippen LogP contribution in [0.1, 0.15) is 83.3 Å². The highest BCUT2D eigenvalue weighted by Crippen LogP contribution is 2.45. The second-order valence-electron chi connectivity index (χ2n) is 9.17.